The van der Waals surface area contributed by atoms with Crippen molar-refractivity contribution >= 4 is 44.9 Å². The van der Waals surface area contributed by atoms with Crippen LogP contribution in [0.15, 0.2) is 11.4 Å². The maximum atomic E-state index is 6.08. The van der Waals surface area contributed by atoms with Crippen LogP contribution in [0.25, 0.3) is 10.2 Å². The number of halogens is 1. The molecule has 0 bridgehead atoms. The van der Waals surface area contributed by atoms with Crippen molar-refractivity contribution in [2.75, 3.05) is 11.5 Å². The van der Waals surface area contributed by atoms with E-state index in [1.807, 2.05) is 23.2 Å². The van der Waals surface area contributed by atoms with E-state index in [0.29, 0.717) is 11.1 Å². The largest absolute Gasteiger partial charge is 0.222 e. The molecule has 14 heavy (non-hydrogen) atoms. The Labute approximate surface area is 94.7 Å². The zero-order valence-corrected chi connectivity index (χ0v) is 9.62. The third-order valence-electron chi connectivity index (χ3n) is 2.30. The van der Waals surface area contributed by atoms with Crippen molar-refractivity contribution in [1.82, 2.24) is 9.97 Å². The van der Waals surface area contributed by atoms with Crippen molar-refractivity contribution < 1.29 is 0 Å². The molecule has 0 N–H and O–H groups in total. The van der Waals surface area contributed by atoms with Gasteiger partial charge in [0.25, 0.3) is 0 Å². The van der Waals surface area contributed by atoms with Gasteiger partial charge in [0.15, 0.2) is 0 Å². The Balaban J connectivity index is 2.16. The second-order valence-electron chi connectivity index (χ2n) is 3.25. The Bertz CT molecular complexity index is 479. The number of hydrogen-bond donors (Lipinski definition) is 0. The summed E-state index contributed by atoms with van der Waals surface area (Å²) >= 11 is 9.64. The number of aromatic nitrogens is 2. The SMILES string of the molecule is Clc1nc(C2CSC2)nc2sccc12. The van der Waals surface area contributed by atoms with Crippen LogP contribution in [0, 0.1) is 0 Å². The van der Waals surface area contributed by atoms with Crippen molar-refractivity contribution in [3.63, 3.8) is 0 Å². The molecule has 2 nitrogen and oxygen atoms in total. The number of thioether (sulfide) groups is 1. The summed E-state index contributed by atoms with van der Waals surface area (Å²) in [7, 11) is 0. The molecule has 5 heteroatoms. The maximum absolute atomic E-state index is 6.08. The lowest BCUT2D eigenvalue weighted by molar-refractivity contribution is 0.773. The lowest BCUT2D eigenvalue weighted by atomic mass is 10.2. The molecule has 1 aliphatic heterocycles. The predicted molar refractivity (Wildman–Crippen MR) is 62.5 cm³/mol. The average molecular weight is 243 g/mol. The molecule has 2 aromatic rings. The summed E-state index contributed by atoms with van der Waals surface area (Å²) in [5.41, 5.74) is 0. The molecule has 0 spiro atoms. The topological polar surface area (TPSA) is 25.8 Å². The Morgan fingerprint density at radius 1 is 1.36 bits per heavy atom. The Hall–Kier alpha value is -0.320. The minimum atomic E-state index is 0.518. The first kappa shape index (κ1) is 8.95. The van der Waals surface area contributed by atoms with Crippen LogP contribution in [-0.4, -0.2) is 21.5 Å². The first-order valence-electron chi connectivity index (χ1n) is 4.33. The zero-order valence-electron chi connectivity index (χ0n) is 7.24. The highest BCUT2D eigenvalue weighted by Crippen LogP contribution is 2.34. The maximum Gasteiger partial charge on any atom is 0.141 e. The summed E-state index contributed by atoms with van der Waals surface area (Å²) < 4.78 is 0. The fraction of sp³-hybridized carbons (Fsp3) is 0.333. The van der Waals surface area contributed by atoms with Crippen LogP contribution in [0.3, 0.4) is 0 Å². The van der Waals surface area contributed by atoms with Gasteiger partial charge in [-0.1, -0.05) is 11.6 Å². The minimum absolute atomic E-state index is 0.518. The van der Waals surface area contributed by atoms with Gasteiger partial charge in [-0.2, -0.15) is 11.8 Å². The average Bonchev–Trinajstić information content (AvgIpc) is 2.48. The van der Waals surface area contributed by atoms with Gasteiger partial charge < -0.3 is 0 Å². The van der Waals surface area contributed by atoms with Gasteiger partial charge >= 0.3 is 0 Å². The van der Waals surface area contributed by atoms with Crippen LogP contribution in [0.5, 0.6) is 0 Å². The van der Waals surface area contributed by atoms with E-state index in [0.717, 1.165) is 27.5 Å². The van der Waals surface area contributed by atoms with Crippen LogP contribution < -0.4 is 0 Å². The fourth-order valence-corrected chi connectivity index (χ4v) is 3.24. The standard InChI is InChI=1S/C9H7ClN2S2/c10-7-6-1-2-14-9(6)12-8(11-7)5-3-13-4-5/h1-2,5H,3-4H2. The third-order valence-corrected chi connectivity index (χ3v) is 4.67. The minimum Gasteiger partial charge on any atom is -0.222 e. The van der Waals surface area contributed by atoms with Gasteiger partial charge in [-0.25, -0.2) is 9.97 Å². The Morgan fingerprint density at radius 3 is 2.93 bits per heavy atom. The van der Waals surface area contributed by atoms with E-state index in [4.69, 9.17) is 11.6 Å². The van der Waals surface area contributed by atoms with E-state index < -0.39 is 0 Å². The highest BCUT2D eigenvalue weighted by molar-refractivity contribution is 8.00. The third kappa shape index (κ3) is 1.33. The number of thiophene rings is 1. The molecule has 0 aromatic carbocycles. The van der Waals surface area contributed by atoms with Crippen LogP contribution in [0.1, 0.15) is 11.7 Å². The number of fused-ring (bicyclic) bond motifs is 1. The molecule has 0 radical (unpaired) electrons. The molecular formula is C9H7ClN2S2. The second-order valence-corrected chi connectivity index (χ2v) is 5.57. The first-order chi connectivity index (χ1) is 6.84. The first-order valence-corrected chi connectivity index (χ1v) is 6.74. The second kappa shape index (κ2) is 3.36. The van der Waals surface area contributed by atoms with Crippen molar-refractivity contribution in [3.8, 4) is 0 Å². The molecule has 1 fully saturated rings. The summed E-state index contributed by atoms with van der Waals surface area (Å²) in [6.07, 6.45) is 0. The molecule has 72 valence electrons. The van der Waals surface area contributed by atoms with Gasteiger partial charge in [-0.15, -0.1) is 11.3 Å². The van der Waals surface area contributed by atoms with Crippen LogP contribution in [-0.2, 0) is 0 Å². The number of rotatable bonds is 1. The van der Waals surface area contributed by atoms with Gasteiger partial charge in [0.1, 0.15) is 15.8 Å². The molecular weight excluding hydrogens is 236 g/mol. The van der Waals surface area contributed by atoms with Gasteiger partial charge in [-0.3, -0.25) is 0 Å². The van der Waals surface area contributed by atoms with Crippen LogP contribution in [0.2, 0.25) is 5.15 Å². The normalized spacial score (nSPS) is 17.2. The molecule has 3 heterocycles. The van der Waals surface area contributed by atoms with Gasteiger partial charge in [0, 0.05) is 22.8 Å². The monoisotopic (exact) mass is 242 g/mol. The fourth-order valence-electron chi connectivity index (χ4n) is 1.40. The van der Waals surface area contributed by atoms with E-state index in [1.54, 1.807) is 11.3 Å². The molecule has 0 unspecified atom stereocenters. The molecule has 2 aromatic heterocycles. The Morgan fingerprint density at radius 2 is 2.21 bits per heavy atom. The summed E-state index contributed by atoms with van der Waals surface area (Å²) in [4.78, 5) is 9.88. The van der Waals surface area contributed by atoms with E-state index in [2.05, 4.69) is 9.97 Å². The molecule has 1 saturated heterocycles. The molecule has 0 aliphatic carbocycles. The van der Waals surface area contributed by atoms with E-state index in [9.17, 15) is 0 Å². The van der Waals surface area contributed by atoms with Crippen molar-refractivity contribution in [2.24, 2.45) is 0 Å². The summed E-state index contributed by atoms with van der Waals surface area (Å²) in [6, 6.07) is 1.97. The smallest absolute Gasteiger partial charge is 0.141 e. The number of nitrogens with zero attached hydrogens (tertiary/aromatic N) is 2. The summed E-state index contributed by atoms with van der Waals surface area (Å²) in [5, 5.41) is 3.58. The summed E-state index contributed by atoms with van der Waals surface area (Å²) in [6.45, 7) is 0. The lowest BCUT2D eigenvalue weighted by Gasteiger charge is -2.23. The highest BCUT2D eigenvalue weighted by atomic mass is 35.5. The molecule has 3 rings (SSSR count). The summed E-state index contributed by atoms with van der Waals surface area (Å²) in [5.74, 6) is 3.70. The van der Waals surface area contributed by atoms with E-state index >= 15 is 0 Å². The number of hydrogen-bond acceptors (Lipinski definition) is 4. The lowest BCUT2D eigenvalue weighted by Crippen LogP contribution is -2.18. The van der Waals surface area contributed by atoms with E-state index in [1.165, 1.54) is 0 Å². The van der Waals surface area contributed by atoms with Crippen LogP contribution >= 0.6 is 34.7 Å². The van der Waals surface area contributed by atoms with Crippen molar-refractivity contribution in [1.29, 1.82) is 0 Å². The quantitative estimate of drug-likeness (QED) is 0.719. The highest BCUT2D eigenvalue weighted by Gasteiger charge is 2.24. The predicted octanol–water partition coefficient (Wildman–Crippen LogP) is 3.18. The van der Waals surface area contributed by atoms with Crippen molar-refractivity contribution in [2.45, 2.75) is 5.92 Å². The van der Waals surface area contributed by atoms with Crippen LogP contribution in [0.4, 0.5) is 0 Å². The van der Waals surface area contributed by atoms with Gasteiger partial charge in [0.2, 0.25) is 0 Å². The molecule has 0 amide bonds. The molecule has 0 saturated carbocycles. The van der Waals surface area contributed by atoms with E-state index in [-0.39, 0.29) is 0 Å². The Kier molecular flexibility index (Phi) is 2.15. The van der Waals surface area contributed by atoms with Gasteiger partial charge in [-0.05, 0) is 11.4 Å². The van der Waals surface area contributed by atoms with Gasteiger partial charge in [0.05, 0.1) is 0 Å². The molecule has 0 atom stereocenters. The zero-order chi connectivity index (χ0) is 9.54. The molecule has 1 aliphatic rings. The van der Waals surface area contributed by atoms with Crippen molar-refractivity contribution in [3.05, 3.63) is 22.4 Å².